The molecule has 0 saturated heterocycles. The zero-order valence-corrected chi connectivity index (χ0v) is 11.0. The van der Waals surface area contributed by atoms with E-state index in [-0.39, 0.29) is 13.0 Å². The van der Waals surface area contributed by atoms with Crippen molar-refractivity contribution in [2.75, 3.05) is 13.1 Å². The van der Waals surface area contributed by atoms with E-state index < -0.39 is 30.6 Å². The number of alkyl halides is 3. The Morgan fingerprint density at radius 2 is 1.67 bits per heavy atom. The standard InChI is InChI=1S/C13H15F3N2O3/c14-13(15,16)8-18-12(21)11(20)17-7-10(19)6-9-4-2-1-3-5-9/h1-5,10,19H,6-8H2,(H,17,20)(H,18,21)/t10-/m0/s1. The van der Waals surface area contributed by atoms with E-state index in [9.17, 15) is 27.9 Å². The molecule has 1 atom stereocenters. The fourth-order valence-electron chi connectivity index (χ4n) is 1.51. The lowest BCUT2D eigenvalue weighted by atomic mass is 10.1. The van der Waals surface area contributed by atoms with Crippen LogP contribution in [0.2, 0.25) is 0 Å². The number of hydrogen-bond acceptors (Lipinski definition) is 3. The summed E-state index contributed by atoms with van der Waals surface area (Å²) in [4.78, 5) is 22.3. The van der Waals surface area contributed by atoms with Crippen LogP contribution < -0.4 is 10.6 Å². The van der Waals surface area contributed by atoms with Crippen LogP contribution in [-0.4, -0.2) is 42.3 Å². The van der Waals surface area contributed by atoms with E-state index in [1.807, 2.05) is 6.07 Å². The first-order valence-corrected chi connectivity index (χ1v) is 6.12. The summed E-state index contributed by atoms with van der Waals surface area (Å²) in [7, 11) is 0. The van der Waals surface area contributed by atoms with Crippen LogP contribution in [0.15, 0.2) is 30.3 Å². The molecule has 1 aromatic rings. The molecule has 0 fully saturated rings. The van der Waals surface area contributed by atoms with Crippen molar-refractivity contribution >= 4 is 11.8 Å². The van der Waals surface area contributed by atoms with Crippen molar-refractivity contribution in [1.82, 2.24) is 10.6 Å². The van der Waals surface area contributed by atoms with Crippen molar-refractivity contribution in [1.29, 1.82) is 0 Å². The van der Waals surface area contributed by atoms with E-state index in [0.29, 0.717) is 0 Å². The van der Waals surface area contributed by atoms with Crippen LogP contribution in [0.1, 0.15) is 5.56 Å². The number of aliphatic hydroxyl groups is 1. The van der Waals surface area contributed by atoms with Crippen LogP contribution in [0.25, 0.3) is 0 Å². The maximum Gasteiger partial charge on any atom is 0.405 e. The number of carbonyl (C=O) groups excluding carboxylic acids is 2. The van der Waals surface area contributed by atoms with Gasteiger partial charge in [-0.25, -0.2) is 0 Å². The number of nitrogens with one attached hydrogen (secondary N) is 2. The Hall–Kier alpha value is -2.09. The van der Waals surface area contributed by atoms with E-state index in [2.05, 4.69) is 5.32 Å². The van der Waals surface area contributed by atoms with E-state index in [1.54, 1.807) is 24.3 Å². The average Bonchev–Trinajstić information content (AvgIpc) is 2.42. The second kappa shape index (κ2) is 7.63. The van der Waals surface area contributed by atoms with Crippen molar-refractivity contribution < 1.29 is 27.9 Å². The molecule has 1 aromatic carbocycles. The number of benzene rings is 1. The van der Waals surface area contributed by atoms with Crippen molar-refractivity contribution in [3.63, 3.8) is 0 Å². The molecule has 0 unspecified atom stereocenters. The average molecular weight is 304 g/mol. The Kier molecular flexibility index (Phi) is 6.16. The number of halogens is 3. The highest BCUT2D eigenvalue weighted by Gasteiger charge is 2.29. The number of aliphatic hydroxyl groups excluding tert-OH is 1. The first-order chi connectivity index (χ1) is 9.78. The van der Waals surface area contributed by atoms with Gasteiger partial charge in [-0.05, 0) is 5.56 Å². The molecule has 0 heterocycles. The minimum absolute atomic E-state index is 0.229. The van der Waals surface area contributed by atoms with Crippen LogP contribution in [-0.2, 0) is 16.0 Å². The SMILES string of the molecule is O=C(NC[C@@H](O)Cc1ccccc1)C(=O)NCC(F)(F)F. The highest BCUT2D eigenvalue weighted by molar-refractivity contribution is 6.35. The molecule has 0 aromatic heterocycles. The van der Waals surface area contributed by atoms with Crippen LogP contribution in [0.5, 0.6) is 0 Å². The second-order valence-electron chi connectivity index (χ2n) is 4.35. The van der Waals surface area contributed by atoms with E-state index in [1.165, 1.54) is 5.32 Å². The van der Waals surface area contributed by atoms with Crippen LogP contribution in [0.3, 0.4) is 0 Å². The third kappa shape index (κ3) is 7.31. The van der Waals surface area contributed by atoms with Crippen molar-refractivity contribution in [2.24, 2.45) is 0 Å². The fourth-order valence-corrected chi connectivity index (χ4v) is 1.51. The third-order valence-corrected chi connectivity index (χ3v) is 2.47. The summed E-state index contributed by atoms with van der Waals surface area (Å²) in [6.07, 6.45) is -5.26. The van der Waals surface area contributed by atoms with E-state index in [0.717, 1.165) is 5.56 Å². The van der Waals surface area contributed by atoms with Gasteiger partial charge in [-0.15, -0.1) is 0 Å². The summed E-state index contributed by atoms with van der Waals surface area (Å²) in [5, 5.41) is 13.2. The smallest absolute Gasteiger partial charge is 0.391 e. The summed E-state index contributed by atoms with van der Waals surface area (Å²) in [5.74, 6) is -2.61. The molecule has 0 aliphatic rings. The number of rotatable bonds is 5. The summed E-state index contributed by atoms with van der Waals surface area (Å²) in [6.45, 7) is -1.81. The largest absolute Gasteiger partial charge is 0.405 e. The minimum Gasteiger partial charge on any atom is -0.391 e. The number of amides is 2. The predicted octanol–water partition coefficient (Wildman–Crippen LogP) is 0.385. The summed E-state index contributed by atoms with van der Waals surface area (Å²) in [6, 6.07) is 8.93. The van der Waals surface area contributed by atoms with Gasteiger partial charge in [0.25, 0.3) is 0 Å². The summed E-state index contributed by atoms with van der Waals surface area (Å²) in [5.41, 5.74) is 0.834. The van der Waals surface area contributed by atoms with Gasteiger partial charge >= 0.3 is 18.0 Å². The molecule has 3 N–H and O–H groups in total. The van der Waals surface area contributed by atoms with Gasteiger partial charge in [0.2, 0.25) is 0 Å². The van der Waals surface area contributed by atoms with Crippen molar-refractivity contribution in [3.8, 4) is 0 Å². The molecule has 2 amide bonds. The molecule has 21 heavy (non-hydrogen) atoms. The maximum absolute atomic E-state index is 11.8. The third-order valence-electron chi connectivity index (χ3n) is 2.47. The van der Waals surface area contributed by atoms with Crippen LogP contribution in [0.4, 0.5) is 13.2 Å². The van der Waals surface area contributed by atoms with E-state index in [4.69, 9.17) is 0 Å². The molecular formula is C13H15F3N2O3. The molecular weight excluding hydrogens is 289 g/mol. The van der Waals surface area contributed by atoms with Crippen molar-refractivity contribution in [2.45, 2.75) is 18.7 Å². The highest BCUT2D eigenvalue weighted by atomic mass is 19.4. The molecule has 0 bridgehead atoms. The first kappa shape index (κ1) is 17.0. The zero-order valence-electron chi connectivity index (χ0n) is 11.0. The van der Waals surface area contributed by atoms with Gasteiger partial charge in [0, 0.05) is 13.0 Å². The van der Waals surface area contributed by atoms with Crippen molar-refractivity contribution in [3.05, 3.63) is 35.9 Å². The second-order valence-corrected chi connectivity index (χ2v) is 4.35. The molecule has 0 spiro atoms. The number of hydrogen-bond donors (Lipinski definition) is 3. The lowest BCUT2D eigenvalue weighted by Crippen LogP contribution is -2.45. The molecule has 116 valence electrons. The lowest BCUT2D eigenvalue weighted by molar-refractivity contribution is -0.146. The maximum atomic E-state index is 11.8. The molecule has 0 aliphatic carbocycles. The predicted molar refractivity (Wildman–Crippen MR) is 68.2 cm³/mol. The Labute approximate surface area is 119 Å². The quantitative estimate of drug-likeness (QED) is 0.688. The minimum atomic E-state index is -4.58. The Bertz CT molecular complexity index is 477. The molecule has 0 radical (unpaired) electrons. The zero-order chi connectivity index (χ0) is 15.9. The normalized spacial score (nSPS) is 12.6. The summed E-state index contributed by atoms with van der Waals surface area (Å²) >= 11 is 0. The lowest BCUT2D eigenvalue weighted by Gasteiger charge is -2.12. The Morgan fingerprint density at radius 1 is 1.10 bits per heavy atom. The van der Waals surface area contributed by atoms with Gasteiger partial charge in [0.05, 0.1) is 6.10 Å². The Balaban J connectivity index is 2.30. The van der Waals surface area contributed by atoms with Gasteiger partial charge in [-0.3, -0.25) is 9.59 Å². The van der Waals surface area contributed by atoms with Crippen LogP contribution in [0, 0.1) is 0 Å². The molecule has 0 aliphatic heterocycles. The van der Waals surface area contributed by atoms with Gasteiger partial charge in [-0.1, -0.05) is 30.3 Å². The van der Waals surface area contributed by atoms with E-state index >= 15 is 0 Å². The van der Waals surface area contributed by atoms with Gasteiger partial charge < -0.3 is 15.7 Å². The number of carbonyl (C=O) groups is 2. The molecule has 5 nitrogen and oxygen atoms in total. The summed E-state index contributed by atoms with van der Waals surface area (Å²) < 4.78 is 35.5. The Morgan fingerprint density at radius 3 is 2.24 bits per heavy atom. The van der Waals surface area contributed by atoms with Gasteiger partial charge in [-0.2, -0.15) is 13.2 Å². The topological polar surface area (TPSA) is 78.4 Å². The molecule has 1 rings (SSSR count). The fraction of sp³-hybridized carbons (Fsp3) is 0.385. The monoisotopic (exact) mass is 304 g/mol. The molecule has 8 heteroatoms. The highest BCUT2D eigenvalue weighted by Crippen LogP contribution is 2.11. The van der Waals surface area contributed by atoms with Gasteiger partial charge in [0.15, 0.2) is 0 Å². The molecule has 0 saturated carbocycles. The first-order valence-electron chi connectivity index (χ1n) is 6.12. The van der Waals surface area contributed by atoms with Gasteiger partial charge in [0.1, 0.15) is 6.54 Å². The van der Waals surface area contributed by atoms with Crippen LogP contribution >= 0.6 is 0 Å².